The summed E-state index contributed by atoms with van der Waals surface area (Å²) in [7, 11) is 0. The minimum Gasteiger partial charge on any atom is -0.342 e. The average Bonchev–Trinajstić information content (AvgIpc) is 3.05. The Morgan fingerprint density at radius 2 is 1.48 bits per heavy atom. The number of hydrogen-bond acceptors (Lipinski definition) is 4. The third-order valence-corrected chi connectivity index (χ3v) is 7.24. The van der Waals surface area contributed by atoms with Crippen LogP contribution in [-0.4, -0.2) is 77.4 Å². The Labute approximate surface area is 197 Å². The second kappa shape index (κ2) is 9.35. The molecule has 0 aromatic heterocycles. The second-order valence-corrected chi connectivity index (χ2v) is 11.0. The van der Waals surface area contributed by atoms with E-state index in [-0.39, 0.29) is 29.7 Å². The van der Waals surface area contributed by atoms with Crippen molar-refractivity contribution >= 4 is 23.4 Å². The Bertz CT molecular complexity index is 865. The molecule has 0 bridgehead atoms. The van der Waals surface area contributed by atoms with E-state index in [0.29, 0.717) is 39.0 Å². The molecule has 0 saturated carbocycles. The number of anilines is 1. The largest absolute Gasteiger partial charge is 0.342 e. The van der Waals surface area contributed by atoms with Crippen molar-refractivity contribution in [2.24, 2.45) is 5.41 Å². The van der Waals surface area contributed by atoms with Crippen molar-refractivity contribution in [2.45, 2.75) is 64.8 Å². The predicted molar refractivity (Wildman–Crippen MR) is 129 cm³/mol. The molecule has 7 heteroatoms. The molecule has 3 aliphatic heterocycles. The highest BCUT2D eigenvalue weighted by Crippen LogP contribution is 2.40. The second-order valence-electron chi connectivity index (χ2n) is 11.0. The van der Waals surface area contributed by atoms with Crippen molar-refractivity contribution in [2.75, 3.05) is 44.3 Å². The molecule has 33 heavy (non-hydrogen) atoms. The van der Waals surface area contributed by atoms with Crippen LogP contribution >= 0.6 is 0 Å². The lowest BCUT2D eigenvalue weighted by Gasteiger charge is -2.43. The fraction of sp³-hybridized carbons (Fsp3) is 0.654. The zero-order valence-corrected chi connectivity index (χ0v) is 20.4. The number of carbonyl (C=O) groups excluding carboxylic acids is 3. The first-order chi connectivity index (χ1) is 15.7. The van der Waals surface area contributed by atoms with Crippen LogP contribution < -0.4 is 4.90 Å². The SMILES string of the molecule is CC(C)(C)CC(=O)N1CCC2(CC1)C(=O)N(CC(=O)N1CCCCC1)CN2c1ccccc1. The summed E-state index contributed by atoms with van der Waals surface area (Å²) < 4.78 is 0. The third-order valence-electron chi connectivity index (χ3n) is 7.24. The molecule has 3 aliphatic rings. The smallest absolute Gasteiger partial charge is 0.250 e. The molecule has 3 fully saturated rings. The Kier molecular flexibility index (Phi) is 6.68. The highest BCUT2D eigenvalue weighted by atomic mass is 16.2. The Balaban J connectivity index is 1.51. The summed E-state index contributed by atoms with van der Waals surface area (Å²) >= 11 is 0. The molecule has 3 heterocycles. The number of nitrogens with zero attached hydrogens (tertiary/aromatic N) is 4. The number of piperidine rings is 2. The van der Waals surface area contributed by atoms with Crippen LogP contribution in [0.15, 0.2) is 30.3 Å². The van der Waals surface area contributed by atoms with Gasteiger partial charge in [0.2, 0.25) is 11.8 Å². The maximum Gasteiger partial charge on any atom is 0.250 e. The lowest BCUT2D eigenvalue weighted by atomic mass is 9.84. The normalized spacial score (nSPS) is 21.1. The van der Waals surface area contributed by atoms with E-state index in [2.05, 4.69) is 25.7 Å². The van der Waals surface area contributed by atoms with Gasteiger partial charge in [-0.05, 0) is 49.7 Å². The van der Waals surface area contributed by atoms with Crippen molar-refractivity contribution < 1.29 is 14.4 Å². The molecule has 3 amide bonds. The Morgan fingerprint density at radius 1 is 0.879 bits per heavy atom. The Morgan fingerprint density at radius 3 is 2.09 bits per heavy atom. The number of hydrogen-bond donors (Lipinski definition) is 0. The van der Waals surface area contributed by atoms with Gasteiger partial charge < -0.3 is 19.6 Å². The van der Waals surface area contributed by atoms with Gasteiger partial charge in [0.1, 0.15) is 12.1 Å². The van der Waals surface area contributed by atoms with E-state index in [1.807, 2.05) is 40.1 Å². The van der Waals surface area contributed by atoms with Gasteiger partial charge in [-0.25, -0.2) is 0 Å². The summed E-state index contributed by atoms with van der Waals surface area (Å²) in [6.07, 6.45) is 4.93. The molecule has 7 nitrogen and oxygen atoms in total. The summed E-state index contributed by atoms with van der Waals surface area (Å²) in [6.45, 7) is 9.49. The molecule has 1 spiro atoms. The first kappa shape index (κ1) is 23.6. The first-order valence-corrected chi connectivity index (χ1v) is 12.4. The standard InChI is InChI=1S/C26H38N4O3/c1-25(2,3)18-22(31)28-16-12-26(13-17-28)24(33)29(19-23(32)27-14-8-5-9-15-27)20-30(26)21-10-6-4-7-11-21/h4,6-7,10-11H,5,8-9,12-20H2,1-3H3. The van der Waals surface area contributed by atoms with Gasteiger partial charge >= 0.3 is 0 Å². The molecular weight excluding hydrogens is 416 g/mol. The van der Waals surface area contributed by atoms with Gasteiger partial charge in [0.15, 0.2) is 0 Å². The van der Waals surface area contributed by atoms with Gasteiger partial charge in [-0.2, -0.15) is 0 Å². The minimum atomic E-state index is -0.692. The van der Waals surface area contributed by atoms with Crippen molar-refractivity contribution in [1.29, 1.82) is 0 Å². The van der Waals surface area contributed by atoms with E-state index in [1.165, 1.54) is 6.42 Å². The van der Waals surface area contributed by atoms with Crippen LogP contribution in [0.2, 0.25) is 0 Å². The van der Waals surface area contributed by atoms with Gasteiger partial charge in [-0.1, -0.05) is 39.0 Å². The van der Waals surface area contributed by atoms with Crippen molar-refractivity contribution in [3.05, 3.63) is 30.3 Å². The quantitative estimate of drug-likeness (QED) is 0.701. The summed E-state index contributed by atoms with van der Waals surface area (Å²) in [5, 5.41) is 0. The average molecular weight is 455 g/mol. The summed E-state index contributed by atoms with van der Waals surface area (Å²) in [4.78, 5) is 47.3. The molecule has 0 atom stereocenters. The molecule has 1 aromatic rings. The molecular formula is C26H38N4O3. The maximum absolute atomic E-state index is 13.8. The summed E-state index contributed by atoms with van der Waals surface area (Å²) in [6, 6.07) is 10.00. The number of rotatable bonds is 4. The highest BCUT2D eigenvalue weighted by molar-refractivity contribution is 5.96. The van der Waals surface area contributed by atoms with Crippen molar-refractivity contribution in [3.8, 4) is 0 Å². The fourth-order valence-corrected chi connectivity index (χ4v) is 5.42. The molecule has 3 saturated heterocycles. The van der Waals surface area contributed by atoms with Crippen LogP contribution in [0.5, 0.6) is 0 Å². The van der Waals surface area contributed by atoms with Crippen LogP contribution in [0.3, 0.4) is 0 Å². The van der Waals surface area contributed by atoms with Gasteiger partial charge in [0.25, 0.3) is 5.91 Å². The first-order valence-electron chi connectivity index (χ1n) is 12.4. The van der Waals surface area contributed by atoms with E-state index < -0.39 is 5.54 Å². The number of amides is 3. The van der Waals surface area contributed by atoms with Crippen molar-refractivity contribution in [1.82, 2.24) is 14.7 Å². The topological polar surface area (TPSA) is 64.2 Å². The highest BCUT2D eigenvalue weighted by Gasteiger charge is 2.54. The van der Waals surface area contributed by atoms with E-state index >= 15 is 0 Å². The summed E-state index contributed by atoms with van der Waals surface area (Å²) in [5.74, 6) is 0.233. The molecule has 0 unspecified atom stereocenters. The maximum atomic E-state index is 13.8. The van der Waals surface area contributed by atoms with E-state index in [4.69, 9.17) is 0 Å². The van der Waals surface area contributed by atoms with Crippen LogP contribution in [0, 0.1) is 5.41 Å². The Hall–Kier alpha value is -2.57. The fourth-order valence-electron chi connectivity index (χ4n) is 5.42. The number of para-hydroxylation sites is 1. The molecule has 180 valence electrons. The van der Waals surface area contributed by atoms with Crippen LogP contribution in [0.1, 0.15) is 59.3 Å². The number of benzene rings is 1. The van der Waals surface area contributed by atoms with E-state index in [9.17, 15) is 14.4 Å². The van der Waals surface area contributed by atoms with Crippen molar-refractivity contribution in [3.63, 3.8) is 0 Å². The molecule has 0 N–H and O–H groups in total. The lowest BCUT2D eigenvalue weighted by Crippen LogP contribution is -2.57. The van der Waals surface area contributed by atoms with Crippen LogP contribution in [0.4, 0.5) is 5.69 Å². The monoisotopic (exact) mass is 454 g/mol. The molecule has 4 rings (SSSR count). The van der Waals surface area contributed by atoms with E-state index in [1.54, 1.807) is 4.90 Å². The molecule has 0 radical (unpaired) electrons. The van der Waals surface area contributed by atoms with Gasteiger partial charge in [-0.15, -0.1) is 0 Å². The van der Waals surface area contributed by atoms with Gasteiger partial charge in [0, 0.05) is 38.3 Å². The predicted octanol–water partition coefficient (Wildman–Crippen LogP) is 3.10. The van der Waals surface area contributed by atoms with Crippen LogP contribution in [-0.2, 0) is 14.4 Å². The minimum absolute atomic E-state index is 0.0274. The van der Waals surface area contributed by atoms with Gasteiger partial charge in [-0.3, -0.25) is 14.4 Å². The van der Waals surface area contributed by atoms with E-state index in [0.717, 1.165) is 31.6 Å². The number of carbonyl (C=O) groups is 3. The van der Waals surface area contributed by atoms with Gasteiger partial charge in [0.05, 0.1) is 6.67 Å². The zero-order chi connectivity index (χ0) is 23.6. The zero-order valence-electron chi connectivity index (χ0n) is 20.4. The summed E-state index contributed by atoms with van der Waals surface area (Å²) in [5.41, 5.74) is 0.243. The number of likely N-dealkylation sites (tertiary alicyclic amines) is 2. The lowest BCUT2D eigenvalue weighted by molar-refractivity contribution is -0.142. The molecule has 1 aromatic carbocycles. The third kappa shape index (κ3) is 5.02. The molecule has 0 aliphatic carbocycles. The van der Waals surface area contributed by atoms with Crippen LogP contribution in [0.25, 0.3) is 0 Å².